The molecule has 0 bridgehead atoms. The van der Waals surface area contributed by atoms with Crippen LogP contribution >= 0.6 is 22.7 Å². The van der Waals surface area contributed by atoms with E-state index in [9.17, 15) is 4.79 Å². The van der Waals surface area contributed by atoms with Crippen molar-refractivity contribution in [1.29, 1.82) is 0 Å². The summed E-state index contributed by atoms with van der Waals surface area (Å²) in [5.41, 5.74) is 6.71. The van der Waals surface area contributed by atoms with Crippen LogP contribution in [0.15, 0.2) is 10.8 Å². The maximum Gasteiger partial charge on any atom is 0.271 e. The molecule has 5 nitrogen and oxygen atoms in total. The van der Waals surface area contributed by atoms with Gasteiger partial charge in [0.25, 0.3) is 5.91 Å². The van der Waals surface area contributed by atoms with Gasteiger partial charge in [-0.3, -0.25) is 4.79 Å². The predicted octanol–water partition coefficient (Wildman–Crippen LogP) is 2.24. The average Bonchev–Trinajstić information content (AvgIpc) is 2.94. The fraction of sp³-hybridized carbons (Fsp3) is 0.364. The standard InChI is InChI=1S/C11H14N4OS2/c1-6(2)10-14-7(4-17-10)3-13-9(16)8-5-18-11(12)15-8/h4-6H,3H2,1-2H3,(H2,12,15)(H,13,16). The van der Waals surface area contributed by atoms with Crippen molar-refractivity contribution in [2.75, 3.05) is 5.73 Å². The number of nitrogens with two attached hydrogens (primary N) is 1. The highest BCUT2D eigenvalue weighted by atomic mass is 32.1. The molecule has 0 spiro atoms. The molecule has 0 fully saturated rings. The summed E-state index contributed by atoms with van der Waals surface area (Å²) in [6, 6.07) is 0. The van der Waals surface area contributed by atoms with Crippen molar-refractivity contribution in [3.05, 3.63) is 27.2 Å². The Morgan fingerprint density at radius 2 is 2.17 bits per heavy atom. The van der Waals surface area contributed by atoms with Crippen LogP contribution in [0.5, 0.6) is 0 Å². The SMILES string of the molecule is CC(C)c1nc(CNC(=O)c2csc(N)n2)cs1. The summed E-state index contributed by atoms with van der Waals surface area (Å²) in [6.45, 7) is 4.61. The van der Waals surface area contributed by atoms with Crippen LogP contribution < -0.4 is 11.1 Å². The van der Waals surface area contributed by atoms with Crippen molar-refractivity contribution in [2.24, 2.45) is 0 Å². The molecule has 0 saturated heterocycles. The van der Waals surface area contributed by atoms with Crippen LogP contribution in [-0.2, 0) is 6.54 Å². The number of amides is 1. The Balaban J connectivity index is 1.93. The predicted molar refractivity (Wildman–Crippen MR) is 73.9 cm³/mol. The Morgan fingerprint density at radius 3 is 2.72 bits per heavy atom. The Kier molecular flexibility index (Phi) is 3.93. The van der Waals surface area contributed by atoms with E-state index in [4.69, 9.17) is 5.73 Å². The zero-order valence-corrected chi connectivity index (χ0v) is 11.8. The molecule has 0 aliphatic rings. The Labute approximate surface area is 113 Å². The molecule has 2 aromatic rings. The van der Waals surface area contributed by atoms with Crippen molar-refractivity contribution in [1.82, 2.24) is 15.3 Å². The Bertz CT molecular complexity index is 547. The van der Waals surface area contributed by atoms with E-state index in [-0.39, 0.29) is 5.91 Å². The van der Waals surface area contributed by atoms with Crippen molar-refractivity contribution >= 4 is 33.7 Å². The topological polar surface area (TPSA) is 80.9 Å². The van der Waals surface area contributed by atoms with Crippen molar-refractivity contribution < 1.29 is 4.79 Å². The number of anilines is 1. The molecule has 0 aliphatic heterocycles. The Hall–Kier alpha value is -1.47. The first-order valence-electron chi connectivity index (χ1n) is 5.49. The summed E-state index contributed by atoms with van der Waals surface area (Å²) < 4.78 is 0. The highest BCUT2D eigenvalue weighted by molar-refractivity contribution is 7.13. The van der Waals surface area contributed by atoms with Gasteiger partial charge < -0.3 is 11.1 Å². The van der Waals surface area contributed by atoms with E-state index in [2.05, 4.69) is 29.1 Å². The van der Waals surface area contributed by atoms with E-state index in [0.29, 0.717) is 23.3 Å². The largest absolute Gasteiger partial charge is 0.375 e. The molecule has 2 rings (SSSR count). The second kappa shape index (κ2) is 5.45. The zero-order chi connectivity index (χ0) is 13.1. The van der Waals surface area contributed by atoms with E-state index in [0.717, 1.165) is 10.7 Å². The van der Waals surface area contributed by atoms with Gasteiger partial charge in [-0.1, -0.05) is 13.8 Å². The monoisotopic (exact) mass is 282 g/mol. The maximum atomic E-state index is 11.7. The smallest absolute Gasteiger partial charge is 0.271 e. The average molecular weight is 282 g/mol. The lowest BCUT2D eigenvalue weighted by Crippen LogP contribution is -2.23. The van der Waals surface area contributed by atoms with Gasteiger partial charge in [0.1, 0.15) is 5.69 Å². The van der Waals surface area contributed by atoms with Gasteiger partial charge in [-0.25, -0.2) is 9.97 Å². The maximum absolute atomic E-state index is 11.7. The van der Waals surface area contributed by atoms with Crippen LogP contribution in [-0.4, -0.2) is 15.9 Å². The fourth-order valence-electron chi connectivity index (χ4n) is 1.32. The number of aromatic nitrogens is 2. The molecule has 96 valence electrons. The minimum absolute atomic E-state index is 0.220. The third kappa shape index (κ3) is 3.05. The van der Waals surface area contributed by atoms with E-state index in [1.165, 1.54) is 11.3 Å². The Morgan fingerprint density at radius 1 is 1.39 bits per heavy atom. The summed E-state index contributed by atoms with van der Waals surface area (Å²) in [4.78, 5) is 20.1. The van der Waals surface area contributed by atoms with Crippen LogP contribution in [0.1, 0.15) is 41.0 Å². The first kappa shape index (κ1) is 13.0. The second-order valence-corrected chi connectivity index (χ2v) is 5.86. The molecular formula is C11H14N4OS2. The van der Waals surface area contributed by atoms with Gasteiger partial charge in [0.05, 0.1) is 17.2 Å². The first-order valence-corrected chi connectivity index (χ1v) is 7.25. The molecular weight excluding hydrogens is 268 g/mol. The summed E-state index contributed by atoms with van der Waals surface area (Å²) in [7, 11) is 0. The minimum Gasteiger partial charge on any atom is -0.375 e. The molecule has 2 aromatic heterocycles. The molecule has 0 atom stereocenters. The van der Waals surface area contributed by atoms with Crippen LogP contribution in [0.4, 0.5) is 5.13 Å². The van der Waals surface area contributed by atoms with E-state index < -0.39 is 0 Å². The number of nitrogens with one attached hydrogen (secondary N) is 1. The number of nitrogen functional groups attached to an aromatic ring is 1. The molecule has 18 heavy (non-hydrogen) atoms. The molecule has 1 amide bonds. The second-order valence-electron chi connectivity index (χ2n) is 4.09. The number of nitrogens with zero attached hydrogens (tertiary/aromatic N) is 2. The number of carbonyl (C=O) groups excluding carboxylic acids is 1. The lowest BCUT2D eigenvalue weighted by atomic mass is 10.2. The molecule has 0 saturated carbocycles. The quantitative estimate of drug-likeness (QED) is 0.901. The summed E-state index contributed by atoms with van der Waals surface area (Å²) in [6.07, 6.45) is 0. The molecule has 0 aliphatic carbocycles. The number of hydrogen-bond acceptors (Lipinski definition) is 6. The fourth-order valence-corrected chi connectivity index (χ4v) is 2.70. The lowest BCUT2D eigenvalue weighted by molar-refractivity contribution is 0.0946. The van der Waals surface area contributed by atoms with Gasteiger partial charge >= 0.3 is 0 Å². The van der Waals surface area contributed by atoms with Gasteiger partial charge in [-0.05, 0) is 0 Å². The summed E-state index contributed by atoms with van der Waals surface area (Å²) in [5, 5.41) is 7.86. The van der Waals surface area contributed by atoms with Gasteiger partial charge in [0.15, 0.2) is 5.13 Å². The van der Waals surface area contributed by atoms with Crippen molar-refractivity contribution in [2.45, 2.75) is 26.3 Å². The summed E-state index contributed by atoms with van der Waals surface area (Å²) >= 11 is 2.87. The van der Waals surface area contributed by atoms with Gasteiger partial charge in [-0.2, -0.15) is 0 Å². The molecule has 7 heteroatoms. The molecule has 0 unspecified atom stereocenters. The lowest BCUT2D eigenvalue weighted by Gasteiger charge is -2.00. The first-order chi connectivity index (χ1) is 8.56. The number of rotatable bonds is 4. The van der Waals surface area contributed by atoms with Gasteiger partial charge in [-0.15, -0.1) is 22.7 Å². The number of thiazole rings is 2. The van der Waals surface area contributed by atoms with Crippen molar-refractivity contribution in [3.8, 4) is 0 Å². The number of carbonyl (C=O) groups is 1. The van der Waals surface area contributed by atoms with Gasteiger partial charge in [0, 0.05) is 16.7 Å². The van der Waals surface area contributed by atoms with E-state index in [1.807, 2.05) is 5.38 Å². The van der Waals surface area contributed by atoms with E-state index >= 15 is 0 Å². The van der Waals surface area contributed by atoms with Gasteiger partial charge in [0.2, 0.25) is 0 Å². The van der Waals surface area contributed by atoms with Crippen LogP contribution in [0, 0.1) is 0 Å². The van der Waals surface area contributed by atoms with Crippen LogP contribution in [0.2, 0.25) is 0 Å². The highest BCUT2D eigenvalue weighted by Crippen LogP contribution is 2.19. The molecule has 0 aromatic carbocycles. The molecule has 2 heterocycles. The summed E-state index contributed by atoms with van der Waals surface area (Å²) in [5.74, 6) is 0.194. The minimum atomic E-state index is -0.220. The highest BCUT2D eigenvalue weighted by Gasteiger charge is 2.11. The molecule has 0 radical (unpaired) electrons. The third-order valence-electron chi connectivity index (χ3n) is 2.25. The molecule has 3 N–H and O–H groups in total. The zero-order valence-electron chi connectivity index (χ0n) is 10.1. The number of hydrogen-bond donors (Lipinski definition) is 2. The third-order valence-corrected chi connectivity index (χ3v) is 4.12. The van der Waals surface area contributed by atoms with Crippen LogP contribution in [0.3, 0.4) is 0 Å². The van der Waals surface area contributed by atoms with E-state index in [1.54, 1.807) is 16.7 Å². The normalized spacial score (nSPS) is 10.8. The van der Waals surface area contributed by atoms with Crippen molar-refractivity contribution in [3.63, 3.8) is 0 Å². The van der Waals surface area contributed by atoms with Crippen LogP contribution in [0.25, 0.3) is 0 Å².